The molecule has 1 saturated carbocycles. The van der Waals surface area contributed by atoms with Crippen LogP contribution in [0.15, 0.2) is 0 Å². The summed E-state index contributed by atoms with van der Waals surface area (Å²) in [4.78, 5) is 10.5. The Morgan fingerprint density at radius 3 is 2.58 bits per heavy atom. The Hall–Kier alpha value is -0.370. The standard InChI is InChI=1S/C10H16O2/c1-2-8-3-5-10(6-4-8)9(7-11)12-10/h7-9H,2-6H2,1H3/t8?,9-,10?/m1/s1. The number of hydrogen-bond donors (Lipinski definition) is 0. The van der Waals surface area contributed by atoms with E-state index in [1.54, 1.807) is 0 Å². The summed E-state index contributed by atoms with van der Waals surface area (Å²) in [5.41, 5.74) is 0.00736. The molecule has 0 bridgehead atoms. The maximum absolute atomic E-state index is 10.5. The van der Waals surface area contributed by atoms with Crippen molar-refractivity contribution in [3.05, 3.63) is 0 Å². The fourth-order valence-corrected chi connectivity index (χ4v) is 2.35. The molecule has 2 heteroatoms. The first kappa shape index (κ1) is 8.24. The van der Waals surface area contributed by atoms with E-state index in [1.807, 2.05) is 0 Å². The lowest BCUT2D eigenvalue weighted by molar-refractivity contribution is -0.108. The molecule has 0 aromatic carbocycles. The number of hydrogen-bond acceptors (Lipinski definition) is 2. The summed E-state index contributed by atoms with van der Waals surface area (Å²) >= 11 is 0. The van der Waals surface area contributed by atoms with Crippen molar-refractivity contribution in [3.8, 4) is 0 Å². The Kier molecular flexibility index (Phi) is 1.95. The quantitative estimate of drug-likeness (QED) is 0.465. The zero-order valence-corrected chi connectivity index (χ0v) is 7.58. The summed E-state index contributed by atoms with van der Waals surface area (Å²) in [5, 5.41) is 0. The van der Waals surface area contributed by atoms with Crippen LogP contribution in [-0.4, -0.2) is 18.0 Å². The van der Waals surface area contributed by atoms with Crippen LogP contribution in [0.25, 0.3) is 0 Å². The number of ether oxygens (including phenoxy) is 1. The van der Waals surface area contributed by atoms with Gasteiger partial charge in [0.05, 0.1) is 0 Å². The van der Waals surface area contributed by atoms with E-state index in [-0.39, 0.29) is 11.7 Å². The minimum atomic E-state index is -0.0599. The molecular weight excluding hydrogens is 152 g/mol. The molecule has 0 aromatic heterocycles. The third kappa shape index (κ3) is 1.18. The van der Waals surface area contributed by atoms with Crippen molar-refractivity contribution in [1.82, 2.24) is 0 Å². The molecule has 2 aliphatic rings. The lowest BCUT2D eigenvalue weighted by atomic mass is 9.79. The molecular formula is C10H16O2. The predicted molar refractivity (Wildman–Crippen MR) is 45.9 cm³/mol. The Morgan fingerprint density at radius 1 is 1.50 bits per heavy atom. The minimum absolute atomic E-state index is 0.00736. The smallest absolute Gasteiger partial charge is 0.151 e. The number of carbonyl (C=O) groups excluding carboxylic acids is 1. The third-order valence-corrected chi connectivity index (χ3v) is 3.48. The van der Waals surface area contributed by atoms with Crippen LogP contribution in [0.1, 0.15) is 39.0 Å². The highest BCUT2D eigenvalue weighted by Crippen LogP contribution is 2.48. The van der Waals surface area contributed by atoms with Gasteiger partial charge in [0.1, 0.15) is 11.7 Å². The second kappa shape index (κ2) is 2.84. The number of carbonyl (C=O) groups is 1. The van der Waals surface area contributed by atoms with Crippen LogP contribution in [0.3, 0.4) is 0 Å². The van der Waals surface area contributed by atoms with Crippen LogP contribution in [0.2, 0.25) is 0 Å². The van der Waals surface area contributed by atoms with Crippen LogP contribution in [0.5, 0.6) is 0 Å². The minimum Gasteiger partial charge on any atom is -0.358 e. The third-order valence-electron chi connectivity index (χ3n) is 3.48. The molecule has 0 N–H and O–H groups in total. The average molecular weight is 168 g/mol. The van der Waals surface area contributed by atoms with Gasteiger partial charge in [-0.1, -0.05) is 13.3 Å². The van der Waals surface area contributed by atoms with Crippen LogP contribution < -0.4 is 0 Å². The summed E-state index contributed by atoms with van der Waals surface area (Å²) in [6.45, 7) is 2.24. The zero-order valence-electron chi connectivity index (χ0n) is 7.58. The first-order valence-electron chi connectivity index (χ1n) is 4.94. The molecule has 1 atom stereocenters. The number of epoxide rings is 1. The van der Waals surface area contributed by atoms with Crippen molar-refractivity contribution in [3.63, 3.8) is 0 Å². The topological polar surface area (TPSA) is 29.6 Å². The van der Waals surface area contributed by atoms with Crippen LogP contribution >= 0.6 is 0 Å². The molecule has 0 amide bonds. The highest BCUT2D eigenvalue weighted by molar-refractivity contribution is 5.62. The molecule has 12 heavy (non-hydrogen) atoms. The van der Waals surface area contributed by atoms with Gasteiger partial charge in [-0.2, -0.15) is 0 Å². The highest BCUT2D eigenvalue weighted by Gasteiger charge is 2.56. The SMILES string of the molecule is CCC1CCC2(CC1)O[C@@H]2C=O. The fourth-order valence-electron chi connectivity index (χ4n) is 2.35. The van der Waals surface area contributed by atoms with E-state index in [0.29, 0.717) is 0 Å². The van der Waals surface area contributed by atoms with Gasteiger partial charge in [0.2, 0.25) is 0 Å². The van der Waals surface area contributed by atoms with Crippen LogP contribution in [-0.2, 0) is 9.53 Å². The van der Waals surface area contributed by atoms with Crippen molar-refractivity contribution in [2.75, 3.05) is 0 Å². The summed E-state index contributed by atoms with van der Waals surface area (Å²) in [6, 6.07) is 0. The van der Waals surface area contributed by atoms with Crippen molar-refractivity contribution in [2.45, 2.75) is 50.7 Å². The van der Waals surface area contributed by atoms with Gasteiger partial charge in [0.15, 0.2) is 6.29 Å². The zero-order chi connectivity index (χ0) is 8.60. The normalized spacial score (nSPS) is 46.1. The Labute approximate surface area is 73.3 Å². The monoisotopic (exact) mass is 168 g/mol. The van der Waals surface area contributed by atoms with E-state index in [4.69, 9.17) is 4.74 Å². The molecule has 0 unspecified atom stereocenters. The summed E-state index contributed by atoms with van der Waals surface area (Å²) in [5.74, 6) is 0.882. The van der Waals surface area contributed by atoms with Gasteiger partial charge in [-0.15, -0.1) is 0 Å². The summed E-state index contributed by atoms with van der Waals surface area (Å²) in [6.07, 6.45) is 6.90. The number of aldehydes is 1. The summed E-state index contributed by atoms with van der Waals surface area (Å²) in [7, 11) is 0. The molecule has 2 fully saturated rings. The molecule has 0 radical (unpaired) electrons. The molecule has 1 aliphatic carbocycles. The van der Waals surface area contributed by atoms with E-state index >= 15 is 0 Å². The van der Waals surface area contributed by atoms with Gasteiger partial charge < -0.3 is 9.53 Å². The van der Waals surface area contributed by atoms with Crippen LogP contribution in [0, 0.1) is 5.92 Å². The van der Waals surface area contributed by atoms with E-state index in [1.165, 1.54) is 19.3 Å². The summed E-state index contributed by atoms with van der Waals surface area (Å²) < 4.78 is 5.42. The Balaban J connectivity index is 1.87. The van der Waals surface area contributed by atoms with E-state index in [0.717, 1.165) is 25.0 Å². The molecule has 1 heterocycles. The molecule has 2 nitrogen and oxygen atoms in total. The molecule has 1 aliphatic heterocycles. The van der Waals surface area contributed by atoms with E-state index in [9.17, 15) is 4.79 Å². The predicted octanol–water partition coefficient (Wildman–Crippen LogP) is 1.92. The molecule has 0 aromatic rings. The largest absolute Gasteiger partial charge is 0.358 e. The van der Waals surface area contributed by atoms with E-state index < -0.39 is 0 Å². The maximum atomic E-state index is 10.5. The Morgan fingerprint density at radius 2 is 2.17 bits per heavy atom. The van der Waals surface area contributed by atoms with Crippen LogP contribution in [0.4, 0.5) is 0 Å². The van der Waals surface area contributed by atoms with Gasteiger partial charge in [0.25, 0.3) is 0 Å². The second-order valence-electron chi connectivity index (χ2n) is 4.09. The highest BCUT2D eigenvalue weighted by atomic mass is 16.6. The van der Waals surface area contributed by atoms with Gasteiger partial charge in [0, 0.05) is 0 Å². The molecule has 2 rings (SSSR count). The van der Waals surface area contributed by atoms with Crippen molar-refractivity contribution in [1.29, 1.82) is 0 Å². The van der Waals surface area contributed by atoms with Gasteiger partial charge in [-0.05, 0) is 31.6 Å². The maximum Gasteiger partial charge on any atom is 0.151 e. The lowest BCUT2D eigenvalue weighted by Gasteiger charge is -2.25. The number of rotatable bonds is 2. The average Bonchev–Trinajstić information content (AvgIpc) is 2.81. The first-order chi connectivity index (χ1) is 5.80. The fraction of sp³-hybridized carbons (Fsp3) is 0.900. The molecule has 1 spiro atoms. The van der Waals surface area contributed by atoms with E-state index in [2.05, 4.69) is 6.92 Å². The van der Waals surface area contributed by atoms with Gasteiger partial charge in [-0.25, -0.2) is 0 Å². The van der Waals surface area contributed by atoms with Crippen molar-refractivity contribution in [2.24, 2.45) is 5.92 Å². The molecule has 68 valence electrons. The van der Waals surface area contributed by atoms with Crippen molar-refractivity contribution >= 4 is 6.29 Å². The van der Waals surface area contributed by atoms with Gasteiger partial charge in [-0.3, -0.25) is 0 Å². The van der Waals surface area contributed by atoms with Gasteiger partial charge >= 0.3 is 0 Å². The molecule has 1 saturated heterocycles. The van der Waals surface area contributed by atoms with Crippen molar-refractivity contribution < 1.29 is 9.53 Å². The lowest BCUT2D eigenvalue weighted by Crippen LogP contribution is -2.24. The Bertz CT molecular complexity index is 180. The second-order valence-corrected chi connectivity index (χ2v) is 4.09. The first-order valence-corrected chi connectivity index (χ1v) is 4.94.